The molecule has 1 aromatic carbocycles. The second-order valence-corrected chi connectivity index (χ2v) is 4.90. The molecule has 0 atom stereocenters. The summed E-state index contributed by atoms with van der Waals surface area (Å²) >= 11 is 0. The third kappa shape index (κ3) is 5.27. The van der Waals surface area contributed by atoms with Gasteiger partial charge in [0.1, 0.15) is 6.20 Å². The molecule has 3 N–H and O–H groups in total. The molecule has 102 valence electrons. The number of rotatable bonds is 1. The zero-order chi connectivity index (χ0) is 14.5. The Balaban J connectivity index is 0.000000200. The molecule has 0 saturated heterocycles. The molecule has 9 heteroatoms. The van der Waals surface area contributed by atoms with Crippen molar-refractivity contribution in [3.05, 3.63) is 56.9 Å². The second kappa shape index (κ2) is 6.07. The highest BCUT2D eigenvalue weighted by Gasteiger charge is 2.06. The van der Waals surface area contributed by atoms with Crippen LogP contribution in [0.1, 0.15) is 5.56 Å². The van der Waals surface area contributed by atoms with E-state index in [-0.39, 0.29) is 4.90 Å². The van der Waals surface area contributed by atoms with Crippen LogP contribution >= 0.6 is 0 Å². The summed E-state index contributed by atoms with van der Waals surface area (Å²) in [5.41, 5.74) is -0.122. The summed E-state index contributed by atoms with van der Waals surface area (Å²) in [6, 6.07) is 5.99. The van der Waals surface area contributed by atoms with Gasteiger partial charge >= 0.3 is 5.69 Å². The molecule has 0 unspecified atom stereocenters. The van der Waals surface area contributed by atoms with Gasteiger partial charge in [-0.3, -0.25) is 14.3 Å². The number of benzene rings is 1. The molecule has 1 aromatic heterocycles. The van der Waals surface area contributed by atoms with Crippen LogP contribution in [0, 0.1) is 6.92 Å². The Hall–Kier alpha value is -2.26. The maximum atomic E-state index is 10.5. The predicted octanol–water partition coefficient (Wildman–Crippen LogP) is -0.300. The lowest BCUT2D eigenvalue weighted by Crippen LogP contribution is -2.21. The normalized spacial score (nSPS) is 10.4. The van der Waals surface area contributed by atoms with Gasteiger partial charge in [-0.05, 0) is 19.1 Å². The van der Waals surface area contributed by atoms with E-state index in [4.69, 9.17) is 4.55 Å². The topological polar surface area (TPSA) is 133 Å². The van der Waals surface area contributed by atoms with Crippen LogP contribution in [0.3, 0.4) is 0 Å². The molecule has 0 spiro atoms. The molecular formula is C10H11N3O5S. The minimum Gasteiger partial charge on any atom is -0.282 e. The number of aryl methyl sites for hydroxylation is 1. The molecular weight excluding hydrogens is 274 g/mol. The Morgan fingerprint density at radius 1 is 1.16 bits per heavy atom. The van der Waals surface area contributed by atoms with Gasteiger partial charge in [0.05, 0.1) is 4.90 Å². The number of aromatic nitrogens is 3. The fraction of sp³-hybridized carbons (Fsp3) is 0.100. The highest BCUT2D eigenvalue weighted by molar-refractivity contribution is 7.85. The smallest absolute Gasteiger partial charge is 0.282 e. The summed E-state index contributed by atoms with van der Waals surface area (Å²) in [5, 5.41) is 5.21. The molecule has 19 heavy (non-hydrogen) atoms. The lowest BCUT2D eigenvalue weighted by atomic mass is 10.2. The Bertz CT molecular complexity index is 720. The van der Waals surface area contributed by atoms with E-state index in [0.717, 1.165) is 11.8 Å². The van der Waals surface area contributed by atoms with Crippen LogP contribution in [0.5, 0.6) is 0 Å². The maximum Gasteiger partial charge on any atom is 0.342 e. The molecule has 0 aliphatic heterocycles. The Labute approximate surface area is 107 Å². The van der Waals surface area contributed by atoms with E-state index < -0.39 is 21.4 Å². The first-order chi connectivity index (χ1) is 8.79. The average Bonchev–Trinajstić information content (AvgIpc) is 2.28. The molecule has 1 heterocycles. The van der Waals surface area contributed by atoms with E-state index in [0.29, 0.717) is 0 Å². The molecule has 0 radical (unpaired) electrons. The van der Waals surface area contributed by atoms with Gasteiger partial charge in [0.2, 0.25) is 0 Å². The van der Waals surface area contributed by atoms with Crippen molar-refractivity contribution in [1.29, 1.82) is 0 Å². The number of H-pyrrole nitrogens is 2. The van der Waals surface area contributed by atoms with Gasteiger partial charge in [0, 0.05) is 0 Å². The van der Waals surface area contributed by atoms with Gasteiger partial charge in [0.15, 0.2) is 0 Å². The minimum absolute atomic E-state index is 0.0666. The summed E-state index contributed by atoms with van der Waals surface area (Å²) in [6.07, 6.45) is 0.987. The van der Waals surface area contributed by atoms with Crippen LogP contribution in [0.25, 0.3) is 0 Å². The molecule has 8 nitrogen and oxygen atoms in total. The number of hydrogen-bond acceptors (Lipinski definition) is 5. The predicted molar refractivity (Wildman–Crippen MR) is 66.5 cm³/mol. The Morgan fingerprint density at radius 3 is 2.11 bits per heavy atom. The largest absolute Gasteiger partial charge is 0.342 e. The first-order valence-electron chi connectivity index (χ1n) is 4.97. The highest BCUT2D eigenvalue weighted by Crippen LogP contribution is 2.08. The average molecular weight is 285 g/mol. The van der Waals surface area contributed by atoms with Crippen LogP contribution in [-0.4, -0.2) is 28.2 Å². The summed E-state index contributed by atoms with van der Waals surface area (Å²) in [7, 11) is -4.02. The molecule has 0 aliphatic rings. The van der Waals surface area contributed by atoms with Crippen molar-refractivity contribution >= 4 is 10.1 Å². The monoisotopic (exact) mass is 285 g/mol. The van der Waals surface area contributed by atoms with E-state index in [1.165, 1.54) is 12.1 Å². The van der Waals surface area contributed by atoms with E-state index in [1.807, 2.05) is 17.0 Å². The van der Waals surface area contributed by atoms with Crippen molar-refractivity contribution in [3.63, 3.8) is 0 Å². The molecule has 2 rings (SSSR count). The first-order valence-corrected chi connectivity index (χ1v) is 6.41. The Kier molecular flexibility index (Phi) is 4.73. The zero-order valence-corrected chi connectivity index (χ0v) is 10.6. The SMILES string of the molecule is Cc1ccc(S(=O)(=O)O)cc1.O=c1cn[nH]c(=O)[nH]1. The van der Waals surface area contributed by atoms with E-state index in [2.05, 4.69) is 5.10 Å². The zero-order valence-electron chi connectivity index (χ0n) is 9.82. The summed E-state index contributed by atoms with van der Waals surface area (Å²) in [4.78, 5) is 22.1. The molecule has 0 bridgehead atoms. The fourth-order valence-electron chi connectivity index (χ4n) is 1.03. The summed E-state index contributed by atoms with van der Waals surface area (Å²) < 4.78 is 29.6. The van der Waals surface area contributed by atoms with Crippen molar-refractivity contribution in [1.82, 2.24) is 15.2 Å². The van der Waals surface area contributed by atoms with Gasteiger partial charge in [-0.25, -0.2) is 9.89 Å². The van der Waals surface area contributed by atoms with Crippen molar-refractivity contribution in [3.8, 4) is 0 Å². The van der Waals surface area contributed by atoms with E-state index >= 15 is 0 Å². The van der Waals surface area contributed by atoms with Crippen LogP contribution in [0.2, 0.25) is 0 Å². The fourth-order valence-corrected chi connectivity index (χ4v) is 1.51. The van der Waals surface area contributed by atoms with Gasteiger partial charge in [-0.2, -0.15) is 13.5 Å². The van der Waals surface area contributed by atoms with Crippen LogP contribution < -0.4 is 11.2 Å². The first kappa shape index (κ1) is 14.8. The van der Waals surface area contributed by atoms with Crippen molar-refractivity contribution in [2.45, 2.75) is 11.8 Å². The number of nitrogens with one attached hydrogen (secondary N) is 2. The Morgan fingerprint density at radius 2 is 1.74 bits per heavy atom. The third-order valence-corrected chi connectivity index (χ3v) is 2.77. The summed E-state index contributed by atoms with van der Waals surface area (Å²) in [6.45, 7) is 1.84. The van der Waals surface area contributed by atoms with Crippen molar-refractivity contribution in [2.75, 3.05) is 0 Å². The van der Waals surface area contributed by atoms with Crippen LogP contribution in [0.4, 0.5) is 0 Å². The highest BCUT2D eigenvalue weighted by atomic mass is 32.2. The summed E-state index contributed by atoms with van der Waals surface area (Å²) in [5.74, 6) is 0. The quantitative estimate of drug-likeness (QED) is 0.616. The third-order valence-electron chi connectivity index (χ3n) is 1.90. The number of nitrogens with zero attached hydrogens (tertiary/aromatic N) is 1. The number of hydrogen-bond donors (Lipinski definition) is 3. The van der Waals surface area contributed by atoms with Crippen LogP contribution in [-0.2, 0) is 10.1 Å². The molecule has 0 fully saturated rings. The minimum atomic E-state index is -4.02. The van der Waals surface area contributed by atoms with Gasteiger partial charge in [-0.15, -0.1) is 0 Å². The van der Waals surface area contributed by atoms with Gasteiger partial charge < -0.3 is 0 Å². The lowest BCUT2D eigenvalue weighted by molar-refractivity contribution is 0.483. The van der Waals surface area contributed by atoms with Gasteiger partial charge in [-0.1, -0.05) is 17.7 Å². The second-order valence-electron chi connectivity index (χ2n) is 3.48. The van der Waals surface area contributed by atoms with Crippen molar-refractivity contribution < 1.29 is 13.0 Å². The molecule has 0 aliphatic carbocycles. The van der Waals surface area contributed by atoms with Gasteiger partial charge in [0.25, 0.3) is 15.7 Å². The number of aromatic amines is 2. The van der Waals surface area contributed by atoms with E-state index in [1.54, 1.807) is 12.1 Å². The standard InChI is InChI=1S/C7H8O3S.C3H3N3O2/c1-6-2-4-7(5-3-6)11(8,9)10;7-2-1-4-6-3(8)5-2/h2-5H,1H3,(H,8,9,10);1H,(H2,5,6,7,8). The van der Waals surface area contributed by atoms with E-state index in [9.17, 15) is 18.0 Å². The molecule has 2 aromatic rings. The molecule has 0 saturated carbocycles. The maximum absolute atomic E-state index is 10.5. The lowest BCUT2D eigenvalue weighted by Gasteiger charge is -1.95. The van der Waals surface area contributed by atoms with Crippen molar-refractivity contribution in [2.24, 2.45) is 0 Å². The molecule has 0 amide bonds. The van der Waals surface area contributed by atoms with Crippen LogP contribution in [0.15, 0.2) is 44.9 Å².